The van der Waals surface area contributed by atoms with Crippen molar-refractivity contribution < 1.29 is 19.4 Å². The number of carboxylic acids is 1. The van der Waals surface area contributed by atoms with Crippen LogP contribution in [0.3, 0.4) is 0 Å². The molecule has 4 heteroatoms. The maximum atomic E-state index is 11.4. The van der Waals surface area contributed by atoms with Crippen molar-refractivity contribution in [1.29, 1.82) is 0 Å². The van der Waals surface area contributed by atoms with Gasteiger partial charge in [0.15, 0.2) is 6.61 Å². The Labute approximate surface area is 156 Å². The van der Waals surface area contributed by atoms with Crippen LogP contribution in [-0.4, -0.2) is 23.7 Å². The second kappa shape index (κ2) is 9.95. The smallest absolute Gasteiger partial charge is 0.341 e. The molecule has 26 heavy (non-hydrogen) atoms. The van der Waals surface area contributed by atoms with E-state index >= 15 is 0 Å². The largest absolute Gasteiger partial charge is 0.479 e. The molecule has 0 saturated heterocycles. The van der Waals surface area contributed by atoms with Crippen molar-refractivity contribution in [2.75, 3.05) is 6.61 Å². The van der Waals surface area contributed by atoms with Crippen molar-refractivity contribution in [3.05, 3.63) is 58.7 Å². The SMILES string of the molecule is CC(C=CC1=C(C)CCCC1(C)C)=CC=CC(C)=CC(=O)OCC(=O)O. The van der Waals surface area contributed by atoms with Gasteiger partial charge in [0.2, 0.25) is 0 Å². The molecule has 0 atom stereocenters. The molecule has 0 unspecified atom stereocenters. The summed E-state index contributed by atoms with van der Waals surface area (Å²) in [5.41, 5.74) is 4.94. The molecule has 0 amide bonds. The normalized spacial score (nSPS) is 18.7. The first-order valence-corrected chi connectivity index (χ1v) is 8.92. The fourth-order valence-electron chi connectivity index (χ4n) is 3.04. The van der Waals surface area contributed by atoms with Gasteiger partial charge in [-0.1, -0.05) is 55.4 Å². The first kappa shape index (κ1) is 21.7. The second-order valence-corrected chi connectivity index (χ2v) is 7.42. The zero-order valence-corrected chi connectivity index (χ0v) is 16.5. The monoisotopic (exact) mass is 358 g/mol. The minimum Gasteiger partial charge on any atom is -0.479 e. The van der Waals surface area contributed by atoms with E-state index in [1.54, 1.807) is 13.0 Å². The molecule has 1 N–H and O–H groups in total. The minimum absolute atomic E-state index is 0.227. The lowest BCUT2D eigenvalue weighted by molar-refractivity contribution is -0.151. The highest BCUT2D eigenvalue weighted by atomic mass is 16.5. The van der Waals surface area contributed by atoms with Gasteiger partial charge in [0.25, 0.3) is 0 Å². The van der Waals surface area contributed by atoms with Gasteiger partial charge in [0.05, 0.1) is 0 Å². The van der Waals surface area contributed by atoms with Gasteiger partial charge in [-0.25, -0.2) is 9.59 Å². The Morgan fingerprint density at radius 1 is 1.19 bits per heavy atom. The molecule has 0 aromatic carbocycles. The topological polar surface area (TPSA) is 63.6 Å². The molecule has 4 nitrogen and oxygen atoms in total. The van der Waals surface area contributed by atoms with E-state index in [0.29, 0.717) is 5.57 Å². The number of rotatable bonds is 7. The molecule has 1 rings (SSSR count). The fraction of sp³-hybridized carbons (Fsp3) is 0.455. The van der Waals surface area contributed by atoms with Crippen LogP contribution in [0.2, 0.25) is 0 Å². The van der Waals surface area contributed by atoms with Gasteiger partial charge in [-0.05, 0) is 56.6 Å². The number of aliphatic carboxylic acids is 1. The predicted octanol–water partition coefficient (Wildman–Crippen LogP) is 5.15. The molecule has 0 bridgehead atoms. The molecule has 0 radical (unpaired) electrons. The van der Waals surface area contributed by atoms with Crippen LogP contribution >= 0.6 is 0 Å². The van der Waals surface area contributed by atoms with E-state index in [1.807, 2.05) is 19.1 Å². The highest BCUT2D eigenvalue weighted by molar-refractivity contribution is 5.85. The van der Waals surface area contributed by atoms with Crippen LogP contribution in [0, 0.1) is 5.41 Å². The van der Waals surface area contributed by atoms with Gasteiger partial charge in [-0.2, -0.15) is 0 Å². The average molecular weight is 358 g/mol. The highest BCUT2D eigenvalue weighted by Crippen LogP contribution is 2.40. The summed E-state index contributed by atoms with van der Waals surface area (Å²) in [6.45, 7) is 9.99. The number of allylic oxidation sites excluding steroid dienone is 9. The van der Waals surface area contributed by atoms with Gasteiger partial charge < -0.3 is 9.84 Å². The summed E-state index contributed by atoms with van der Waals surface area (Å²) in [6, 6.07) is 0. The van der Waals surface area contributed by atoms with E-state index in [4.69, 9.17) is 5.11 Å². The molecule has 0 aromatic heterocycles. The Morgan fingerprint density at radius 3 is 2.50 bits per heavy atom. The fourth-order valence-corrected chi connectivity index (χ4v) is 3.04. The van der Waals surface area contributed by atoms with Crippen LogP contribution in [0.4, 0.5) is 0 Å². The van der Waals surface area contributed by atoms with Crippen molar-refractivity contribution in [2.24, 2.45) is 5.41 Å². The molecule has 0 aliphatic heterocycles. The van der Waals surface area contributed by atoms with E-state index in [2.05, 4.69) is 37.7 Å². The van der Waals surface area contributed by atoms with E-state index in [1.165, 1.54) is 36.5 Å². The molecule has 142 valence electrons. The summed E-state index contributed by atoms with van der Waals surface area (Å²) in [7, 11) is 0. The van der Waals surface area contributed by atoms with E-state index in [0.717, 1.165) is 5.57 Å². The summed E-state index contributed by atoms with van der Waals surface area (Å²) in [4.78, 5) is 21.7. The number of hydrogen-bond donors (Lipinski definition) is 1. The zero-order valence-electron chi connectivity index (χ0n) is 16.5. The average Bonchev–Trinajstić information content (AvgIpc) is 2.51. The van der Waals surface area contributed by atoms with Crippen LogP contribution in [-0.2, 0) is 14.3 Å². The maximum Gasteiger partial charge on any atom is 0.341 e. The third-order valence-corrected chi connectivity index (χ3v) is 4.46. The van der Waals surface area contributed by atoms with Crippen molar-refractivity contribution in [2.45, 2.75) is 53.9 Å². The number of ether oxygens (including phenoxy) is 1. The standard InChI is InChI=1S/C22H30O4/c1-16(11-12-19-18(3)10-7-13-22(19,4)5)8-6-9-17(2)14-21(25)26-15-20(23)24/h6,8-9,11-12,14H,7,10,13,15H2,1-5H3,(H,23,24). The predicted molar refractivity (Wildman–Crippen MR) is 105 cm³/mol. The van der Waals surface area contributed by atoms with Crippen LogP contribution in [0.5, 0.6) is 0 Å². The number of carbonyl (C=O) groups is 2. The third-order valence-electron chi connectivity index (χ3n) is 4.46. The zero-order chi connectivity index (χ0) is 19.7. The Morgan fingerprint density at radius 2 is 1.88 bits per heavy atom. The van der Waals surface area contributed by atoms with Crippen LogP contribution in [0.1, 0.15) is 53.9 Å². The van der Waals surface area contributed by atoms with Crippen molar-refractivity contribution in [3.63, 3.8) is 0 Å². The summed E-state index contributed by atoms with van der Waals surface area (Å²) >= 11 is 0. The number of hydrogen-bond acceptors (Lipinski definition) is 3. The second-order valence-electron chi connectivity index (χ2n) is 7.42. The van der Waals surface area contributed by atoms with Gasteiger partial charge >= 0.3 is 11.9 Å². The lowest BCUT2D eigenvalue weighted by atomic mass is 9.72. The van der Waals surface area contributed by atoms with E-state index < -0.39 is 18.5 Å². The Balaban J connectivity index is 2.69. The van der Waals surface area contributed by atoms with Crippen LogP contribution in [0.25, 0.3) is 0 Å². The maximum absolute atomic E-state index is 11.4. The molecular weight excluding hydrogens is 328 g/mol. The molecule has 0 fully saturated rings. The summed E-state index contributed by atoms with van der Waals surface area (Å²) in [5, 5.41) is 8.46. The van der Waals surface area contributed by atoms with E-state index in [-0.39, 0.29) is 5.41 Å². The summed E-state index contributed by atoms with van der Waals surface area (Å²) in [5.74, 6) is -1.83. The van der Waals surface area contributed by atoms with Crippen molar-refractivity contribution >= 4 is 11.9 Å². The minimum atomic E-state index is -1.17. The van der Waals surface area contributed by atoms with Gasteiger partial charge in [0.1, 0.15) is 0 Å². The quantitative estimate of drug-likeness (QED) is 0.388. The molecule has 0 saturated carbocycles. The lowest BCUT2D eigenvalue weighted by Crippen LogP contribution is -2.19. The van der Waals surface area contributed by atoms with Crippen molar-refractivity contribution in [3.8, 4) is 0 Å². The Kier molecular flexibility index (Phi) is 8.30. The van der Waals surface area contributed by atoms with Gasteiger partial charge in [-0.3, -0.25) is 0 Å². The van der Waals surface area contributed by atoms with Crippen LogP contribution in [0.15, 0.2) is 58.7 Å². The Hall–Kier alpha value is -2.36. The number of carboxylic acid groups (broad SMARTS) is 1. The summed E-state index contributed by atoms with van der Waals surface area (Å²) < 4.78 is 4.56. The highest BCUT2D eigenvalue weighted by Gasteiger charge is 2.26. The van der Waals surface area contributed by atoms with Gasteiger partial charge in [-0.15, -0.1) is 0 Å². The molecule has 1 aliphatic rings. The first-order chi connectivity index (χ1) is 12.1. The molecular formula is C22H30O4. The first-order valence-electron chi connectivity index (χ1n) is 8.92. The lowest BCUT2D eigenvalue weighted by Gasteiger charge is -2.32. The number of carbonyl (C=O) groups excluding carboxylic acids is 1. The Bertz CT molecular complexity index is 685. The van der Waals surface area contributed by atoms with Gasteiger partial charge in [0, 0.05) is 6.08 Å². The number of esters is 1. The molecule has 1 aliphatic carbocycles. The summed E-state index contributed by atoms with van der Waals surface area (Å²) in [6.07, 6.45) is 14.9. The van der Waals surface area contributed by atoms with Crippen LogP contribution < -0.4 is 0 Å². The van der Waals surface area contributed by atoms with E-state index in [9.17, 15) is 9.59 Å². The molecule has 0 heterocycles. The third kappa shape index (κ3) is 7.68. The molecule has 0 aromatic rings. The van der Waals surface area contributed by atoms with Crippen molar-refractivity contribution in [1.82, 2.24) is 0 Å². The molecule has 0 spiro atoms.